The molecule has 1 aliphatic rings. The zero-order valence-corrected chi connectivity index (χ0v) is 26.3. The molecule has 5 rings (SSSR count). The lowest BCUT2D eigenvalue weighted by atomic mass is 10.1. The van der Waals surface area contributed by atoms with Gasteiger partial charge in [-0.15, -0.1) is 0 Å². The predicted molar refractivity (Wildman–Crippen MR) is 166 cm³/mol. The van der Waals surface area contributed by atoms with Crippen molar-refractivity contribution < 1.29 is 31.0 Å². The van der Waals surface area contributed by atoms with E-state index in [2.05, 4.69) is 20.3 Å². The van der Waals surface area contributed by atoms with Gasteiger partial charge in [-0.1, -0.05) is 0 Å². The molecule has 0 aliphatic carbocycles. The van der Waals surface area contributed by atoms with E-state index in [1.165, 1.54) is 16.9 Å². The van der Waals surface area contributed by atoms with Crippen LogP contribution in [-0.4, -0.2) is 81.2 Å². The molecule has 4 aromatic rings. The Morgan fingerprint density at radius 3 is 2.26 bits per heavy atom. The third-order valence-electron chi connectivity index (χ3n) is 6.38. The van der Waals surface area contributed by atoms with Crippen molar-refractivity contribution in [3.8, 4) is 23.0 Å². The van der Waals surface area contributed by atoms with Gasteiger partial charge < -0.3 is 19.5 Å². The van der Waals surface area contributed by atoms with E-state index in [4.69, 9.17) is 14.2 Å². The maximum atomic E-state index is 11.8. The van der Waals surface area contributed by atoms with Crippen LogP contribution in [0.4, 0.5) is 11.5 Å². The van der Waals surface area contributed by atoms with Crippen LogP contribution < -0.4 is 19.5 Å². The van der Waals surface area contributed by atoms with E-state index in [1.54, 1.807) is 19.5 Å². The van der Waals surface area contributed by atoms with Crippen molar-refractivity contribution in [2.45, 2.75) is 25.9 Å². The Balaban J connectivity index is 0.000000782. The normalized spacial score (nSPS) is 14.4. The summed E-state index contributed by atoms with van der Waals surface area (Å²) in [7, 11) is -4.29. The van der Waals surface area contributed by atoms with Gasteiger partial charge in [0.15, 0.2) is 11.5 Å². The number of hydrogen-bond acceptors (Lipinski definition) is 11. The number of ether oxygens (including phenoxy) is 3. The van der Waals surface area contributed by atoms with E-state index < -0.39 is 19.9 Å². The van der Waals surface area contributed by atoms with Crippen LogP contribution in [0.2, 0.25) is 0 Å². The van der Waals surface area contributed by atoms with Crippen molar-refractivity contribution in [3.63, 3.8) is 0 Å². The highest BCUT2D eigenvalue weighted by Crippen LogP contribution is 2.37. The summed E-state index contributed by atoms with van der Waals surface area (Å²) in [5.74, 6) is 3.14. The third-order valence-corrected chi connectivity index (χ3v) is 7.69. The number of methoxy groups -OCH3 is 1. The van der Waals surface area contributed by atoms with Crippen LogP contribution in [0, 0.1) is 6.92 Å². The summed E-state index contributed by atoms with van der Waals surface area (Å²) in [5.41, 5.74) is 2.49. The molecule has 2 aromatic carbocycles. The number of rotatable bonds is 8. The summed E-state index contributed by atoms with van der Waals surface area (Å²) in [6.07, 6.45) is 9.48. The third kappa shape index (κ3) is 9.24. The minimum absolute atomic E-state index is 0.129. The average molecular weight is 630 g/mol. The number of sulfone groups is 1. The first-order chi connectivity index (χ1) is 20.3. The number of nitrogens with zero attached hydrogens (tertiary/aromatic N) is 4. The van der Waals surface area contributed by atoms with Gasteiger partial charge in [0.05, 0.1) is 25.1 Å². The fraction of sp³-hybridized carbons (Fsp3) is 0.345. The monoisotopic (exact) mass is 629 g/mol. The second-order valence-corrected chi connectivity index (χ2v) is 14.5. The molecule has 230 valence electrons. The van der Waals surface area contributed by atoms with E-state index in [0.717, 1.165) is 34.9 Å². The van der Waals surface area contributed by atoms with Crippen LogP contribution in [-0.2, 0) is 19.9 Å². The zero-order valence-electron chi connectivity index (χ0n) is 24.6. The fourth-order valence-electron chi connectivity index (χ4n) is 4.39. The van der Waals surface area contributed by atoms with Gasteiger partial charge in [-0.25, -0.2) is 31.1 Å². The molecule has 43 heavy (non-hydrogen) atoms. The molecule has 1 N–H and O–H groups in total. The molecule has 0 spiro atoms. The van der Waals surface area contributed by atoms with Gasteiger partial charge in [-0.3, -0.25) is 4.98 Å². The standard InChI is InChI=1S/C27H29N5O5S.C2H6O2S/c1-18-13-19(6-7-24(18)37-21-5-4-10-28-16-21)31-27-22-14-26(25(35-2)15-23(22)29-17-30-27)36-20-8-11-32(12-9-20)38(3,33)34;1-5(2,3)4/h4-7,10,13-17,20H,8-9,11-12H2,1-3H3,(H,29,30,31);1-2H3. The molecule has 0 atom stereocenters. The highest BCUT2D eigenvalue weighted by atomic mass is 32.2. The van der Waals surface area contributed by atoms with Crippen molar-refractivity contribution in [1.82, 2.24) is 19.3 Å². The highest BCUT2D eigenvalue weighted by Gasteiger charge is 2.27. The van der Waals surface area contributed by atoms with Gasteiger partial charge in [0.1, 0.15) is 39.6 Å². The summed E-state index contributed by atoms with van der Waals surface area (Å²) < 4.78 is 62.2. The number of fused-ring (bicyclic) bond motifs is 1. The SMILES string of the molecule is COc1cc2ncnc(Nc3ccc(Oc4cccnc4)c(C)c3)c2cc1OC1CCN(S(C)(=O)=O)CC1.CS(C)(=O)=O. The number of piperidine rings is 1. The van der Waals surface area contributed by atoms with Gasteiger partial charge in [0, 0.05) is 48.9 Å². The maximum absolute atomic E-state index is 11.8. The van der Waals surface area contributed by atoms with Crippen LogP contribution in [0.25, 0.3) is 10.9 Å². The van der Waals surface area contributed by atoms with Gasteiger partial charge in [-0.2, -0.15) is 0 Å². The molecule has 0 bridgehead atoms. The molecule has 1 aliphatic heterocycles. The molecule has 0 unspecified atom stereocenters. The molecule has 14 heteroatoms. The Labute approximate surface area is 252 Å². The molecular weight excluding hydrogens is 594 g/mol. The quantitative estimate of drug-likeness (QED) is 0.296. The number of nitrogens with one attached hydrogen (secondary N) is 1. The number of hydrogen-bond donors (Lipinski definition) is 1. The highest BCUT2D eigenvalue weighted by molar-refractivity contribution is 7.90. The van der Waals surface area contributed by atoms with Gasteiger partial charge in [0.2, 0.25) is 10.0 Å². The summed E-state index contributed by atoms with van der Waals surface area (Å²) in [6.45, 7) is 2.82. The number of pyridine rings is 1. The molecule has 0 radical (unpaired) electrons. The van der Waals surface area contributed by atoms with Gasteiger partial charge >= 0.3 is 0 Å². The molecule has 2 aromatic heterocycles. The van der Waals surface area contributed by atoms with Crippen LogP contribution in [0.1, 0.15) is 18.4 Å². The van der Waals surface area contributed by atoms with E-state index in [0.29, 0.717) is 54.5 Å². The summed E-state index contributed by atoms with van der Waals surface area (Å²) in [5, 5.41) is 4.15. The average Bonchev–Trinajstić information content (AvgIpc) is 2.94. The molecule has 1 saturated heterocycles. The van der Waals surface area contributed by atoms with E-state index in [-0.39, 0.29) is 6.10 Å². The number of sulfonamides is 1. The number of benzene rings is 2. The molecule has 0 amide bonds. The van der Waals surface area contributed by atoms with Gasteiger partial charge in [0.25, 0.3) is 0 Å². The number of aryl methyl sites for hydroxylation is 1. The summed E-state index contributed by atoms with van der Waals surface area (Å²) >= 11 is 0. The van der Waals surface area contributed by atoms with Gasteiger partial charge in [-0.05, 0) is 61.7 Å². The van der Waals surface area contributed by atoms with Crippen molar-refractivity contribution in [1.29, 1.82) is 0 Å². The largest absolute Gasteiger partial charge is 0.493 e. The lowest BCUT2D eigenvalue weighted by Gasteiger charge is -2.30. The van der Waals surface area contributed by atoms with E-state index in [9.17, 15) is 16.8 Å². The predicted octanol–water partition coefficient (Wildman–Crippen LogP) is 4.34. The minimum Gasteiger partial charge on any atom is -0.493 e. The number of aromatic nitrogens is 3. The smallest absolute Gasteiger partial charge is 0.211 e. The Bertz CT molecular complexity index is 1770. The van der Waals surface area contributed by atoms with Crippen molar-refractivity contribution in [3.05, 3.63) is 66.7 Å². The second kappa shape index (κ2) is 13.5. The fourth-order valence-corrected chi connectivity index (χ4v) is 5.26. The first-order valence-corrected chi connectivity index (χ1v) is 17.5. The first-order valence-electron chi connectivity index (χ1n) is 13.4. The van der Waals surface area contributed by atoms with Crippen LogP contribution in [0.5, 0.6) is 23.0 Å². The zero-order chi connectivity index (χ0) is 31.2. The first kappa shape index (κ1) is 31.9. The maximum Gasteiger partial charge on any atom is 0.211 e. The second-order valence-electron chi connectivity index (χ2n) is 10.3. The minimum atomic E-state index is -3.20. The Morgan fingerprint density at radius 2 is 1.65 bits per heavy atom. The van der Waals surface area contributed by atoms with Crippen molar-refractivity contribution >= 4 is 42.3 Å². The Hall–Kier alpha value is -4.01. The van der Waals surface area contributed by atoms with Crippen LogP contribution in [0.15, 0.2) is 61.2 Å². The van der Waals surface area contributed by atoms with Crippen LogP contribution >= 0.6 is 0 Å². The molecular formula is C29H35N5O7S2. The molecule has 0 saturated carbocycles. The van der Waals surface area contributed by atoms with E-state index in [1.807, 2.05) is 49.4 Å². The molecule has 12 nitrogen and oxygen atoms in total. The summed E-state index contributed by atoms with van der Waals surface area (Å²) in [4.78, 5) is 13.0. The topological polar surface area (TPSA) is 150 Å². The Morgan fingerprint density at radius 1 is 0.930 bits per heavy atom. The summed E-state index contributed by atoms with van der Waals surface area (Å²) in [6, 6.07) is 13.2. The Kier molecular flexibility index (Phi) is 10.0. The number of anilines is 2. The lowest BCUT2D eigenvalue weighted by molar-refractivity contribution is 0.131. The molecule has 3 heterocycles. The van der Waals surface area contributed by atoms with Crippen molar-refractivity contribution in [2.24, 2.45) is 0 Å². The lowest BCUT2D eigenvalue weighted by Crippen LogP contribution is -2.41. The van der Waals surface area contributed by atoms with Crippen molar-refractivity contribution in [2.75, 3.05) is 44.3 Å². The van der Waals surface area contributed by atoms with Crippen LogP contribution in [0.3, 0.4) is 0 Å². The molecule has 1 fully saturated rings. The van der Waals surface area contributed by atoms with E-state index >= 15 is 0 Å².